The number of nitrogens with two attached hydrogens (primary N) is 1. The van der Waals surface area contributed by atoms with Crippen LogP contribution in [0.3, 0.4) is 0 Å². The molecule has 1 unspecified atom stereocenters. The van der Waals surface area contributed by atoms with E-state index in [9.17, 15) is 4.39 Å². The molecule has 0 aliphatic rings. The van der Waals surface area contributed by atoms with Crippen molar-refractivity contribution in [3.63, 3.8) is 0 Å². The summed E-state index contributed by atoms with van der Waals surface area (Å²) in [5, 5.41) is 4.54. The fourth-order valence-electron chi connectivity index (χ4n) is 2.31. The van der Waals surface area contributed by atoms with Crippen LogP contribution in [0.1, 0.15) is 44.4 Å². The third-order valence-corrected chi connectivity index (χ3v) is 3.63. The van der Waals surface area contributed by atoms with E-state index >= 15 is 0 Å². The lowest BCUT2D eigenvalue weighted by molar-refractivity contribution is 0.610. The predicted molar refractivity (Wildman–Crippen MR) is 82.0 cm³/mol. The molecule has 5 heteroatoms. The van der Waals surface area contributed by atoms with Crippen molar-refractivity contribution >= 4 is 0 Å². The molecule has 0 amide bonds. The number of aromatic nitrogens is 3. The van der Waals surface area contributed by atoms with Gasteiger partial charge in [-0.1, -0.05) is 20.8 Å². The topological polar surface area (TPSA) is 56.7 Å². The van der Waals surface area contributed by atoms with Crippen LogP contribution in [0.5, 0.6) is 0 Å². The largest absolute Gasteiger partial charge is 0.327 e. The van der Waals surface area contributed by atoms with Crippen molar-refractivity contribution in [2.45, 2.75) is 52.5 Å². The maximum atomic E-state index is 13.6. The molecule has 4 nitrogen and oxygen atoms in total. The Hall–Kier alpha value is -1.75. The highest BCUT2D eigenvalue weighted by Gasteiger charge is 2.15. The van der Waals surface area contributed by atoms with Crippen molar-refractivity contribution in [1.82, 2.24) is 14.8 Å². The summed E-state index contributed by atoms with van der Waals surface area (Å²) in [4.78, 5) is 4.51. The van der Waals surface area contributed by atoms with Gasteiger partial charge in [0.15, 0.2) is 5.82 Å². The number of hydrogen-bond acceptors (Lipinski definition) is 3. The van der Waals surface area contributed by atoms with Crippen molar-refractivity contribution in [2.24, 2.45) is 5.73 Å². The summed E-state index contributed by atoms with van der Waals surface area (Å²) in [6, 6.07) is 4.80. The molecular weight excluding hydrogens is 267 g/mol. The van der Waals surface area contributed by atoms with Gasteiger partial charge in [0.25, 0.3) is 0 Å². The first-order chi connectivity index (χ1) is 10.1. The molecule has 21 heavy (non-hydrogen) atoms. The lowest BCUT2D eigenvalue weighted by atomic mass is 10.0. The lowest BCUT2D eigenvalue weighted by Crippen LogP contribution is -2.22. The van der Waals surface area contributed by atoms with Crippen LogP contribution in [-0.4, -0.2) is 20.8 Å². The third-order valence-electron chi connectivity index (χ3n) is 3.63. The summed E-state index contributed by atoms with van der Waals surface area (Å²) in [6.07, 6.45) is 3.05. The van der Waals surface area contributed by atoms with Gasteiger partial charge in [0.1, 0.15) is 11.6 Å². The first-order valence-corrected chi connectivity index (χ1v) is 7.58. The van der Waals surface area contributed by atoms with Gasteiger partial charge in [-0.2, -0.15) is 5.10 Å². The van der Waals surface area contributed by atoms with E-state index in [4.69, 9.17) is 5.73 Å². The van der Waals surface area contributed by atoms with E-state index < -0.39 is 0 Å². The second-order valence-electron chi connectivity index (χ2n) is 5.21. The van der Waals surface area contributed by atoms with E-state index in [1.807, 2.05) is 25.5 Å². The minimum absolute atomic E-state index is 0.0183. The molecule has 2 N–H and O–H groups in total. The van der Waals surface area contributed by atoms with Crippen molar-refractivity contribution in [1.29, 1.82) is 0 Å². The quantitative estimate of drug-likeness (QED) is 0.890. The van der Waals surface area contributed by atoms with Crippen LogP contribution in [0.25, 0.3) is 5.69 Å². The van der Waals surface area contributed by atoms with Crippen molar-refractivity contribution in [3.05, 3.63) is 41.2 Å². The summed E-state index contributed by atoms with van der Waals surface area (Å²) in [7, 11) is 0. The van der Waals surface area contributed by atoms with Gasteiger partial charge in [0.05, 0.1) is 5.69 Å². The Morgan fingerprint density at radius 3 is 2.62 bits per heavy atom. The second-order valence-corrected chi connectivity index (χ2v) is 5.21. The molecule has 0 saturated heterocycles. The number of aryl methyl sites for hydroxylation is 2. The minimum Gasteiger partial charge on any atom is -0.327 e. The van der Waals surface area contributed by atoms with Gasteiger partial charge in [-0.25, -0.2) is 14.1 Å². The van der Waals surface area contributed by atoms with Crippen molar-refractivity contribution in [2.75, 3.05) is 0 Å². The summed E-state index contributed by atoms with van der Waals surface area (Å²) in [5.41, 5.74) is 7.80. The van der Waals surface area contributed by atoms with Gasteiger partial charge in [-0.3, -0.25) is 0 Å². The number of rotatable bonds is 6. The molecule has 1 aromatic carbocycles. The van der Waals surface area contributed by atoms with Gasteiger partial charge in [0, 0.05) is 18.9 Å². The fraction of sp³-hybridized carbons (Fsp3) is 0.500. The first kappa shape index (κ1) is 15.6. The molecule has 114 valence electrons. The summed E-state index contributed by atoms with van der Waals surface area (Å²) in [6.45, 7) is 6.10. The third kappa shape index (κ3) is 3.47. The highest BCUT2D eigenvalue weighted by atomic mass is 19.1. The molecule has 2 aromatic rings. The van der Waals surface area contributed by atoms with Gasteiger partial charge in [0.2, 0.25) is 0 Å². The van der Waals surface area contributed by atoms with Gasteiger partial charge >= 0.3 is 0 Å². The number of halogens is 1. The Morgan fingerprint density at radius 1 is 1.24 bits per heavy atom. The molecule has 0 spiro atoms. The second kappa shape index (κ2) is 6.80. The molecular formula is C16H23FN4. The molecule has 0 aliphatic heterocycles. The monoisotopic (exact) mass is 290 g/mol. The Balaban J connectivity index is 2.49. The zero-order valence-corrected chi connectivity index (χ0v) is 12.9. The van der Waals surface area contributed by atoms with E-state index in [1.165, 1.54) is 6.07 Å². The zero-order valence-electron chi connectivity index (χ0n) is 12.9. The van der Waals surface area contributed by atoms with Gasteiger partial charge < -0.3 is 5.73 Å². The van der Waals surface area contributed by atoms with Crippen LogP contribution in [0.2, 0.25) is 0 Å². The van der Waals surface area contributed by atoms with Crippen LogP contribution in [0.15, 0.2) is 18.2 Å². The van der Waals surface area contributed by atoms with Crippen molar-refractivity contribution in [3.8, 4) is 5.69 Å². The molecule has 0 saturated carbocycles. The summed E-state index contributed by atoms with van der Waals surface area (Å²) >= 11 is 0. The maximum Gasteiger partial charge on any atom is 0.151 e. The highest BCUT2D eigenvalue weighted by Crippen LogP contribution is 2.20. The average Bonchev–Trinajstić information content (AvgIpc) is 2.90. The normalized spacial score (nSPS) is 12.6. The highest BCUT2D eigenvalue weighted by molar-refractivity contribution is 5.42. The standard InChI is InChI=1S/C16H23FN4/c1-4-13(18)10-11-9-12(17)7-8-14(11)21-16(6-3)19-15(5-2)20-21/h7-9,13H,4-6,10,18H2,1-3H3. The molecule has 0 fully saturated rings. The number of hydrogen-bond donors (Lipinski definition) is 1. The fourth-order valence-corrected chi connectivity index (χ4v) is 2.31. The van der Waals surface area contributed by atoms with E-state index in [2.05, 4.69) is 10.1 Å². The zero-order chi connectivity index (χ0) is 15.4. The Bertz CT molecular complexity index is 606. The minimum atomic E-state index is -0.245. The molecule has 1 atom stereocenters. The SMILES string of the molecule is CCc1nc(CC)n(-c2ccc(F)cc2CC(N)CC)n1. The molecule has 1 aromatic heterocycles. The van der Waals surface area contributed by atoms with E-state index in [0.717, 1.165) is 42.2 Å². The Morgan fingerprint density at radius 2 is 2.00 bits per heavy atom. The van der Waals surface area contributed by atoms with E-state index in [0.29, 0.717) is 6.42 Å². The van der Waals surface area contributed by atoms with Gasteiger partial charge in [-0.05, 0) is 36.6 Å². The van der Waals surface area contributed by atoms with E-state index in [1.54, 1.807) is 12.1 Å². The smallest absolute Gasteiger partial charge is 0.151 e. The number of benzene rings is 1. The predicted octanol–water partition coefficient (Wildman–Crippen LogP) is 2.81. The molecule has 2 rings (SSSR count). The van der Waals surface area contributed by atoms with Gasteiger partial charge in [-0.15, -0.1) is 0 Å². The first-order valence-electron chi connectivity index (χ1n) is 7.58. The van der Waals surface area contributed by atoms with Crippen molar-refractivity contribution < 1.29 is 4.39 Å². The van der Waals surface area contributed by atoms with Crippen LogP contribution >= 0.6 is 0 Å². The average molecular weight is 290 g/mol. The van der Waals surface area contributed by atoms with Crippen LogP contribution in [-0.2, 0) is 19.3 Å². The Kier molecular flexibility index (Phi) is 5.07. The van der Waals surface area contributed by atoms with Crippen LogP contribution in [0, 0.1) is 5.82 Å². The molecule has 1 heterocycles. The number of nitrogens with zero attached hydrogens (tertiary/aromatic N) is 3. The molecule has 0 aliphatic carbocycles. The van der Waals surface area contributed by atoms with Crippen LogP contribution < -0.4 is 5.73 Å². The summed E-state index contributed by atoms with van der Waals surface area (Å²) in [5.74, 6) is 1.46. The Labute approximate surface area is 125 Å². The lowest BCUT2D eigenvalue weighted by Gasteiger charge is -2.14. The maximum absolute atomic E-state index is 13.6. The molecule has 0 bridgehead atoms. The molecule has 0 radical (unpaired) electrons. The van der Waals surface area contributed by atoms with Crippen LogP contribution in [0.4, 0.5) is 4.39 Å². The summed E-state index contributed by atoms with van der Waals surface area (Å²) < 4.78 is 15.4. The van der Waals surface area contributed by atoms with E-state index in [-0.39, 0.29) is 11.9 Å².